The highest BCUT2D eigenvalue weighted by Crippen LogP contribution is 2.33. The molecule has 0 aliphatic carbocycles. The van der Waals surface area contributed by atoms with E-state index in [1.165, 1.54) is 19.2 Å². The topological polar surface area (TPSA) is 84.9 Å². The highest BCUT2D eigenvalue weighted by Gasteiger charge is 2.30. The molecular formula is C25H28N2O5S. The predicted molar refractivity (Wildman–Crippen MR) is 128 cm³/mol. The Morgan fingerprint density at radius 2 is 1.58 bits per heavy atom. The third kappa shape index (κ3) is 5.46. The molecule has 1 N–H and O–H groups in total. The van der Waals surface area contributed by atoms with Gasteiger partial charge in [0.25, 0.3) is 10.0 Å². The van der Waals surface area contributed by atoms with Crippen LogP contribution in [-0.4, -0.2) is 35.1 Å². The zero-order valence-electron chi connectivity index (χ0n) is 19.1. The van der Waals surface area contributed by atoms with E-state index >= 15 is 0 Å². The molecule has 0 aromatic heterocycles. The van der Waals surface area contributed by atoms with Gasteiger partial charge in [0.2, 0.25) is 5.91 Å². The molecule has 0 spiro atoms. The Bertz CT molecular complexity index is 1210. The Kier molecular flexibility index (Phi) is 7.60. The van der Waals surface area contributed by atoms with Gasteiger partial charge in [-0.2, -0.15) is 0 Å². The lowest BCUT2D eigenvalue weighted by molar-refractivity contribution is -0.120. The van der Waals surface area contributed by atoms with Crippen LogP contribution in [0.15, 0.2) is 77.7 Å². The van der Waals surface area contributed by atoms with Gasteiger partial charge in [0.1, 0.15) is 18.0 Å². The van der Waals surface area contributed by atoms with Gasteiger partial charge in [0, 0.05) is 5.56 Å². The summed E-state index contributed by atoms with van der Waals surface area (Å²) < 4.78 is 39.0. The second-order valence-electron chi connectivity index (χ2n) is 7.53. The summed E-state index contributed by atoms with van der Waals surface area (Å²) in [7, 11) is -1.02. The number of benzene rings is 3. The fourth-order valence-corrected chi connectivity index (χ4v) is 4.98. The maximum atomic E-state index is 13.6. The zero-order valence-corrected chi connectivity index (χ0v) is 19.9. The van der Waals surface area contributed by atoms with E-state index in [9.17, 15) is 13.2 Å². The van der Waals surface area contributed by atoms with Crippen molar-refractivity contribution >= 4 is 21.6 Å². The molecular weight excluding hydrogens is 440 g/mol. The number of nitrogens with one attached hydrogen (secondary N) is 1. The van der Waals surface area contributed by atoms with Gasteiger partial charge in [-0.1, -0.05) is 42.5 Å². The molecule has 0 saturated heterocycles. The van der Waals surface area contributed by atoms with Crippen molar-refractivity contribution in [3.63, 3.8) is 0 Å². The molecule has 33 heavy (non-hydrogen) atoms. The van der Waals surface area contributed by atoms with E-state index in [-0.39, 0.29) is 4.90 Å². The summed E-state index contributed by atoms with van der Waals surface area (Å²) in [4.78, 5) is 13.2. The quantitative estimate of drug-likeness (QED) is 0.511. The van der Waals surface area contributed by atoms with E-state index in [0.717, 1.165) is 15.4 Å². The van der Waals surface area contributed by atoms with Crippen LogP contribution >= 0.6 is 0 Å². The first-order chi connectivity index (χ1) is 15.8. The van der Waals surface area contributed by atoms with Crippen LogP contribution in [0.1, 0.15) is 24.1 Å². The first-order valence-corrected chi connectivity index (χ1v) is 11.9. The van der Waals surface area contributed by atoms with Gasteiger partial charge in [-0.15, -0.1) is 0 Å². The predicted octanol–water partition coefficient (Wildman–Crippen LogP) is 4.08. The summed E-state index contributed by atoms with van der Waals surface area (Å²) in [5.74, 6) is 0.529. The molecule has 3 aromatic carbocycles. The van der Waals surface area contributed by atoms with Crippen molar-refractivity contribution in [1.82, 2.24) is 5.32 Å². The average Bonchev–Trinajstić information content (AvgIpc) is 2.82. The summed E-state index contributed by atoms with van der Waals surface area (Å²) in [6, 6.07) is 20.2. The number of nitrogens with zero attached hydrogens (tertiary/aromatic N) is 1. The van der Waals surface area contributed by atoms with Crippen LogP contribution in [0.3, 0.4) is 0 Å². The van der Waals surface area contributed by atoms with Gasteiger partial charge in [-0.25, -0.2) is 8.42 Å². The zero-order chi connectivity index (χ0) is 24.0. The number of ether oxygens (including phenoxy) is 2. The van der Waals surface area contributed by atoms with Crippen LogP contribution in [0.4, 0.5) is 5.69 Å². The van der Waals surface area contributed by atoms with Crippen molar-refractivity contribution < 1.29 is 22.7 Å². The van der Waals surface area contributed by atoms with Crippen LogP contribution in [0, 0.1) is 6.92 Å². The Morgan fingerprint density at radius 1 is 0.939 bits per heavy atom. The molecule has 3 rings (SSSR count). The van der Waals surface area contributed by atoms with Crippen molar-refractivity contribution in [1.29, 1.82) is 0 Å². The number of para-hydroxylation sites is 1. The Hall–Kier alpha value is -3.52. The molecule has 0 saturated carbocycles. The van der Waals surface area contributed by atoms with Crippen LogP contribution in [0.2, 0.25) is 0 Å². The van der Waals surface area contributed by atoms with Crippen molar-refractivity contribution in [2.45, 2.75) is 24.8 Å². The second kappa shape index (κ2) is 10.4. The molecule has 0 radical (unpaired) electrons. The lowest BCUT2D eigenvalue weighted by atomic mass is 10.1. The van der Waals surface area contributed by atoms with Gasteiger partial charge in [0.05, 0.1) is 30.8 Å². The second-order valence-corrected chi connectivity index (χ2v) is 9.39. The van der Waals surface area contributed by atoms with Gasteiger partial charge < -0.3 is 14.8 Å². The fraction of sp³-hybridized carbons (Fsp3) is 0.240. The first kappa shape index (κ1) is 24.1. The van der Waals surface area contributed by atoms with Crippen LogP contribution in [0.25, 0.3) is 0 Å². The van der Waals surface area contributed by atoms with E-state index in [4.69, 9.17) is 9.47 Å². The summed E-state index contributed by atoms with van der Waals surface area (Å²) in [6.45, 7) is 3.25. The van der Waals surface area contributed by atoms with Crippen LogP contribution in [0.5, 0.6) is 11.5 Å². The minimum Gasteiger partial charge on any atom is -0.496 e. The van der Waals surface area contributed by atoms with Gasteiger partial charge in [0.15, 0.2) is 0 Å². The molecule has 0 fully saturated rings. The molecule has 3 aromatic rings. The van der Waals surface area contributed by atoms with Crippen LogP contribution < -0.4 is 19.1 Å². The van der Waals surface area contributed by atoms with Gasteiger partial charge in [-0.05, 0) is 49.7 Å². The summed E-state index contributed by atoms with van der Waals surface area (Å²) in [5, 5.41) is 2.88. The minimum atomic E-state index is -4.04. The summed E-state index contributed by atoms with van der Waals surface area (Å²) in [6.07, 6.45) is 0. The van der Waals surface area contributed by atoms with Crippen LogP contribution in [-0.2, 0) is 14.8 Å². The van der Waals surface area contributed by atoms with Crippen molar-refractivity contribution in [2.24, 2.45) is 0 Å². The number of amides is 1. The summed E-state index contributed by atoms with van der Waals surface area (Å²) >= 11 is 0. The number of sulfonamides is 1. The summed E-state index contributed by atoms with van der Waals surface area (Å²) in [5.41, 5.74) is 1.92. The smallest absolute Gasteiger partial charge is 0.264 e. The molecule has 0 bridgehead atoms. The maximum Gasteiger partial charge on any atom is 0.264 e. The number of anilines is 1. The number of methoxy groups -OCH3 is 2. The minimum absolute atomic E-state index is 0.0825. The van der Waals surface area contributed by atoms with E-state index < -0.39 is 28.5 Å². The van der Waals surface area contributed by atoms with Gasteiger partial charge >= 0.3 is 0 Å². The Labute approximate surface area is 195 Å². The third-order valence-corrected chi connectivity index (χ3v) is 6.98. The Balaban J connectivity index is 1.97. The Morgan fingerprint density at radius 3 is 2.24 bits per heavy atom. The number of aryl methyl sites for hydroxylation is 1. The van der Waals surface area contributed by atoms with Crippen molar-refractivity contribution in [2.75, 3.05) is 25.1 Å². The maximum absolute atomic E-state index is 13.6. The van der Waals surface area contributed by atoms with E-state index in [1.54, 1.807) is 37.4 Å². The normalized spacial score (nSPS) is 12.0. The van der Waals surface area contributed by atoms with Gasteiger partial charge in [-0.3, -0.25) is 9.10 Å². The molecule has 1 amide bonds. The lowest BCUT2D eigenvalue weighted by Crippen LogP contribution is -2.41. The fourth-order valence-electron chi connectivity index (χ4n) is 3.53. The third-order valence-electron chi connectivity index (χ3n) is 5.20. The molecule has 1 atom stereocenters. The lowest BCUT2D eigenvalue weighted by Gasteiger charge is -2.27. The highest BCUT2D eigenvalue weighted by atomic mass is 32.2. The molecule has 8 heteroatoms. The first-order valence-electron chi connectivity index (χ1n) is 10.4. The van der Waals surface area contributed by atoms with E-state index in [0.29, 0.717) is 17.2 Å². The van der Waals surface area contributed by atoms with E-state index in [1.807, 2.05) is 44.2 Å². The van der Waals surface area contributed by atoms with Crippen molar-refractivity contribution in [3.8, 4) is 11.5 Å². The SMILES string of the molecule is COc1ccccc1[C@H](C)NC(=O)CN(c1cc(C)ccc1OC)S(=O)(=O)c1ccccc1. The molecule has 0 heterocycles. The number of carbonyl (C=O) groups is 1. The molecule has 174 valence electrons. The largest absolute Gasteiger partial charge is 0.496 e. The van der Waals surface area contributed by atoms with Crippen molar-refractivity contribution in [3.05, 3.63) is 83.9 Å². The standard InChI is InChI=1S/C25H28N2O5S/c1-18-14-15-24(32-4)22(16-18)27(33(29,30)20-10-6-5-7-11-20)17-25(28)26-19(2)21-12-8-9-13-23(21)31-3/h5-16,19H,17H2,1-4H3,(H,26,28)/t19-/m0/s1. The molecule has 0 aliphatic heterocycles. The number of rotatable bonds is 9. The monoisotopic (exact) mass is 468 g/mol. The number of hydrogen-bond acceptors (Lipinski definition) is 5. The van der Waals surface area contributed by atoms with E-state index in [2.05, 4.69) is 5.32 Å². The number of carbonyl (C=O) groups excluding carboxylic acids is 1. The average molecular weight is 469 g/mol. The highest BCUT2D eigenvalue weighted by molar-refractivity contribution is 7.92. The number of hydrogen-bond donors (Lipinski definition) is 1. The molecule has 0 aliphatic rings. The molecule has 0 unspecified atom stereocenters. The molecule has 7 nitrogen and oxygen atoms in total.